The Morgan fingerprint density at radius 2 is 2.00 bits per heavy atom. The van der Waals surface area contributed by atoms with E-state index in [-0.39, 0.29) is 5.38 Å². The van der Waals surface area contributed by atoms with Crippen LogP contribution in [0.4, 0.5) is 0 Å². The minimum Gasteiger partial charge on any atom is -0.142 e. The van der Waals surface area contributed by atoms with E-state index in [0.717, 1.165) is 10.9 Å². The summed E-state index contributed by atoms with van der Waals surface area (Å²) < 4.78 is 2.45. The number of thiophene rings is 1. The van der Waals surface area contributed by atoms with Gasteiger partial charge in [0, 0.05) is 15.1 Å². The van der Waals surface area contributed by atoms with Gasteiger partial charge >= 0.3 is 0 Å². The van der Waals surface area contributed by atoms with Gasteiger partial charge in [-0.25, -0.2) is 0 Å². The maximum absolute atomic E-state index is 6.80. The van der Waals surface area contributed by atoms with Crippen molar-refractivity contribution in [1.82, 2.24) is 0 Å². The van der Waals surface area contributed by atoms with Gasteiger partial charge in [-0.15, -0.1) is 22.9 Å². The van der Waals surface area contributed by atoms with Crippen LogP contribution in [0, 0.1) is 0 Å². The lowest BCUT2D eigenvalue weighted by atomic mass is 9.74. The summed E-state index contributed by atoms with van der Waals surface area (Å²) >= 11 is 12.2. The Hall–Kier alpha value is -0.830. The Morgan fingerprint density at radius 3 is 2.85 bits per heavy atom. The standard InChI is InChI=1S/C17H12BrClS/c18-15-7-3-6-12-14(9-20-17(12)15)16(19)13-8-10-4-1-2-5-11(10)13/h1-7,9,13,16H,8H2. The quantitative estimate of drug-likeness (QED) is 0.470. The molecule has 0 fully saturated rings. The number of benzene rings is 2. The molecule has 0 radical (unpaired) electrons. The minimum absolute atomic E-state index is 0.0629. The van der Waals surface area contributed by atoms with Crippen molar-refractivity contribution in [3.63, 3.8) is 0 Å². The van der Waals surface area contributed by atoms with Gasteiger partial charge in [0.2, 0.25) is 0 Å². The zero-order valence-electron chi connectivity index (χ0n) is 10.6. The van der Waals surface area contributed by atoms with Gasteiger partial charge in [0.25, 0.3) is 0 Å². The van der Waals surface area contributed by atoms with E-state index in [9.17, 15) is 0 Å². The van der Waals surface area contributed by atoms with Gasteiger partial charge in [0.1, 0.15) is 0 Å². The Balaban J connectivity index is 1.76. The van der Waals surface area contributed by atoms with Gasteiger partial charge < -0.3 is 0 Å². The average Bonchev–Trinajstić information content (AvgIpc) is 2.85. The Morgan fingerprint density at radius 1 is 1.15 bits per heavy atom. The van der Waals surface area contributed by atoms with Gasteiger partial charge in [-0.3, -0.25) is 0 Å². The second kappa shape index (κ2) is 4.87. The number of alkyl halides is 1. The van der Waals surface area contributed by atoms with E-state index in [1.807, 2.05) is 0 Å². The van der Waals surface area contributed by atoms with E-state index >= 15 is 0 Å². The molecular formula is C17H12BrClS. The zero-order valence-corrected chi connectivity index (χ0v) is 13.8. The fourth-order valence-electron chi connectivity index (χ4n) is 3.03. The number of halogens is 2. The summed E-state index contributed by atoms with van der Waals surface area (Å²) in [4.78, 5) is 0. The highest BCUT2D eigenvalue weighted by molar-refractivity contribution is 9.10. The molecule has 0 spiro atoms. The van der Waals surface area contributed by atoms with E-state index in [1.54, 1.807) is 11.3 Å². The van der Waals surface area contributed by atoms with Crippen LogP contribution in [0.2, 0.25) is 0 Å². The molecule has 100 valence electrons. The molecule has 0 N–H and O–H groups in total. The zero-order chi connectivity index (χ0) is 13.7. The fourth-order valence-corrected chi connectivity index (χ4v) is 5.17. The molecule has 1 aliphatic carbocycles. The number of hydrogen-bond acceptors (Lipinski definition) is 1. The highest BCUT2D eigenvalue weighted by Gasteiger charge is 2.33. The van der Waals surface area contributed by atoms with Crippen LogP contribution >= 0.6 is 38.9 Å². The molecular weight excluding hydrogens is 352 g/mol. The molecule has 0 aliphatic heterocycles. The fraction of sp³-hybridized carbons (Fsp3) is 0.176. The Labute approximate surface area is 135 Å². The lowest BCUT2D eigenvalue weighted by molar-refractivity contribution is 0.590. The molecule has 1 heterocycles. The van der Waals surface area contributed by atoms with Crippen molar-refractivity contribution in [3.8, 4) is 0 Å². The lowest BCUT2D eigenvalue weighted by Gasteiger charge is -2.33. The topological polar surface area (TPSA) is 0 Å². The predicted octanol–water partition coefficient (Wildman–Crippen LogP) is 6.28. The third-order valence-electron chi connectivity index (χ3n) is 4.13. The summed E-state index contributed by atoms with van der Waals surface area (Å²) in [5.74, 6) is 0.449. The van der Waals surface area contributed by atoms with E-state index in [0.29, 0.717) is 5.92 Å². The summed E-state index contributed by atoms with van der Waals surface area (Å²) in [5, 5.41) is 3.57. The molecule has 2 atom stereocenters. The van der Waals surface area contributed by atoms with E-state index < -0.39 is 0 Å². The highest BCUT2D eigenvalue weighted by Crippen LogP contribution is 2.49. The van der Waals surface area contributed by atoms with Crippen molar-refractivity contribution in [2.45, 2.75) is 17.7 Å². The Bertz CT molecular complexity index is 793. The number of rotatable bonds is 2. The first kappa shape index (κ1) is 12.9. The van der Waals surface area contributed by atoms with E-state index in [2.05, 4.69) is 63.8 Å². The minimum atomic E-state index is 0.0629. The first-order valence-electron chi connectivity index (χ1n) is 6.63. The van der Waals surface area contributed by atoms with Crippen LogP contribution in [0.1, 0.15) is 28.0 Å². The van der Waals surface area contributed by atoms with Crippen molar-refractivity contribution >= 4 is 49.0 Å². The largest absolute Gasteiger partial charge is 0.142 e. The van der Waals surface area contributed by atoms with Crippen molar-refractivity contribution in [2.75, 3.05) is 0 Å². The SMILES string of the molecule is ClC(c1csc2c(Br)cccc12)C1Cc2ccccc21. The van der Waals surface area contributed by atoms with Gasteiger partial charge in [-0.05, 0) is 55.9 Å². The molecule has 3 aromatic rings. The molecule has 2 unspecified atom stereocenters. The van der Waals surface area contributed by atoms with Crippen LogP contribution in [0.25, 0.3) is 10.1 Å². The highest BCUT2D eigenvalue weighted by atomic mass is 79.9. The third-order valence-corrected chi connectivity index (χ3v) is 6.64. The van der Waals surface area contributed by atoms with Crippen LogP contribution in [0.3, 0.4) is 0 Å². The van der Waals surface area contributed by atoms with Crippen LogP contribution in [-0.2, 0) is 6.42 Å². The number of fused-ring (bicyclic) bond motifs is 2. The molecule has 3 heteroatoms. The van der Waals surface area contributed by atoms with Gasteiger partial charge in [-0.2, -0.15) is 0 Å². The molecule has 0 nitrogen and oxygen atoms in total. The average molecular weight is 364 g/mol. The molecule has 4 rings (SSSR count). The summed E-state index contributed by atoms with van der Waals surface area (Å²) in [6, 6.07) is 15.0. The second-order valence-corrected chi connectivity index (χ2v) is 7.42. The molecule has 0 bridgehead atoms. The Kier molecular flexibility index (Phi) is 3.13. The van der Waals surface area contributed by atoms with Crippen LogP contribution < -0.4 is 0 Å². The van der Waals surface area contributed by atoms with Gasteiger partial charge in [0.05, 0.1) is 5.38 Å². The summed E-state index contributed by atoms with van der Waals surface area (Å²) in [6.07, 6.45) is 1.09. The third kappa shape index (κ3) is 1.86. The molecule has 0 amide bonds. The molecule has 20 heavy (non-hydrogen) atoms. The molecule has 0 saturated heterocycles. The summed E-state index contributed by atoms with van der Waals surface area (Å²) in [6.45, 7) is 0. The normalized spacial score (nSPS) is 18.6. The molecule has 1 aromatic heterocycles. The summed E-state index contributed by atoms with van der Waals surface area (Å²) in [7, 11) is 0. The smallest absolute Gasteiger partial charge is 0.0671 e. The second-order valence-electron chi connectivity index (χ2n) is 5.22. The molecule has 1 aliphatic rings. The van der Waals surface area contributed by atoms with Crippen molar-refractivity contribution in [3.05, 3.63) is 69.0 Å². The maximum Gasteiger partial charge on any atom is 0.0671 e. The van der Waals surface area contributed by atoms with E-state index in [1.165, 1.54) is 26.8 Å². The van der Waals surface area contributed by atoms with Gasteiger partial charge in [-0.1, -0.05) is 36.4 Å². The first-order valence-corrected chi connectivity index (χ1v) is 8.74. The lowest BCUT2D eigenvalue weighted by Crippen LogP contribution is -2.20. The molecule has 0 saturated carbocycles. The van der Waals surface area contributed by atoms with Crippen LogP contribution in [0.15, 0.2) is 52.3 Å². The van der Waals surface area contributed by atoms with Gasteiger partial charge in [0.15, 0.2) is 0 Å². The van der Waals surface area contributed by atoms with Crippen LogP contribution in [-0.4, -0.2) is 0 Å². The maximum atomic E-state index is 6.80. The number of hydrogen-bond donors (Lipinski definition) is 0. The van der Waals surface area contributed by atoms with Crippen molar-refractivity contribution < 1.29 is 0 Å². The van der Waals surface area contributed by atoms with Crippen molar-refractivity contribution in [1.29, 1.82) is 0 Å². The van der Waals surface area contributed by atoms with Crippen molar-refractivity contribution in [2.24, 2.45) is 0 Å². The summed E-state index contributed by atoms with van der Waals surface area (Å²) in [5.41, 5.74) is 4.14. The first-order chi connectivity index (χ1) is 9.75. The van der Waals surface area contributed by atoms with Crippen LogP contribution in [0.5, 0.6) is 0 Å². The monoisotopic (exact) mass is 362 g/mol. The van der Waals surface area contributed by atoms with E-state index in [4.69, 9.17) is 11.6 Å². The predicted molar refractivity (Wildman–Crippen MR) is 91.0 cm³/mol. The molecule has 2 aromatic carbocycles.